The molecule has 0 bridgehead atoms. The largest absolute Gasteiger partial charge is 0.494 e. The second-order valence-electron chi connectivity index (χ2n) is 7.08. The van der Waals surface area contributed by atoms with Gasteiger partial charge in [-0.3, -0.25) is 9.80 Å². The lowest BCUT2D eigenvalue weighted by Gasteiger charge is -2.41. The fourth-order valence-corrected chi connectivity index (χ4v) is 3.67. The lowest BCUT2D eigenvalue weighted by molar-refractivity contribution is 0.0499. The third kappa shape index (κ3) is 5.76. The van der Waals surface area contributed by atoms with Crippen molar-refractivity contribution in [1.29, 1.82) is 0 Å². The Balaban J connectivity index is 1.59. The van der Waals surface area contributed by atoms with Gasteiger partial charge in [0.25, 0.3) is 0 Å². The molecule has 0 aromatic heterocycles. The molecule has 1 atom stereocenters. The molecule has 0 amide bonds. The highest BCUT2D eigenvalue weighted by Gasteiger charge is 2.26. The van der Waals surface area contributed by atoms with E-state index in [1.54, 1.807) is 0 Å². The number of aliphatic hydroxyl groups excluding tert-OH is 1. The number of ether oxygens (including phenoxy) is 1. The van der Waals surface area contributed by atoms with Gasteiger partial charge in [0.05, 0.1) is 6.61 Å². The summed E-state index contributed by atoms with van der Waals surface area (Å²) in [5, 5.41) is 9.50. The molecule has 1 fully saturated rings. The Kier molecular flexibility index (Phi) is 7.21. The molecule has 2 aromatic carbocycles. The molecule has 1 N–H and O–H groups in total. The molecule has 0 aliphatic carbocycles. The average molecular weight is 372 g/mol. The van der Waals surface area contributed by atoms with E-state index in [1.165, 1.54) is 17.7 Å². The molecule has 0 unspecified atom stereocenters. The number of aliphatic hydroxyl groups is 1. The van der Waals surface area contributed by atoms with Gasteiger partial charge in [0.1, 0.15) is 11.6 Å². The summed E-state index contributed by atoms with van der Waals surface area (Å²) >= 11 is 0. The van der Waals surface area contributed by atoms with Crippen molar-refractivity contribution in [2.45, 2.75) is 32.5 Å². The van der Waals surface area contributed by atoms with Crippen LogP contribution >= 0.6 is 0 Å². The number of hydrogen-bond acceptors (Lipinski definition) is 4. The maximum Gasteiger partial charge on any atom is 0.123 e. The number of hydrogen-bond donors (Lipinski definition) is 1. The van der Waals surface area contributed by atoms with Crippen LogP contribution in [0.5, 0.6) is 5.75 Å². The summed E-state index contributed by atoms with van der Waals surface area (Å²) in [5.74, 6) is 0.703. The summed E-state index contributed by atoms with van der Waals surface area (Å²) in [5.41, 5.74) is 2.38. The first-order valence-electron chi connectivity index (χ1n) is 9.71. The van der Waals surface area contributed by atoms with E-state index in [0.717, 1.165) is 50.5 Å². The molecule has 1 aliphatic heterocycles. The molecule has 1 saturated heterocycles. The van der Waals surface area contributed by atoms with Crippen molar-refractivity contribution in [2.24, 2.45) is 0 Å². The van der Waals surface area contributed by atoms with E-state index in [9.17, 15) is 9.50 Å². The quantitative estimate of drug-likeness (QED) is 0.771. The molecular weight excluding hydrogens is 343 g/mol. The van der Waals surface area contributed by atoms with Gasteiger partial charge in [0.15, 0.2) is 0 Å². The summed E-state index contributed by atoms with van der Waals surface area (Å²) in [6, 6.07) is 15.3. The first kappa shape index (κ1) is 19.8. The Morgan fingerprint density at radius 2 is 1.67 bits per heavy atom. The average Bonchev–Trinajstić information content (AvgIpc) is 2.68. The molecule has 1 heterocycles. The zero-order valence-corrected chi connectivity index (χ0v) is 16.0. The zero-order chi connectivity index (χ0) is 19.1. The SMILES string of the molecule is CCOc1ccc(CN2CCN(Cc3ccc(F)cc3)C[C@H]2CCO)cc1. The molecule has 0 radical (unpaired) electrons. The van der Waals surface area contributed by atoms with Crippen molar-refractivity contribution in [1.82, 2.24) is 9.80 Å². The predicted octanol–water partition coefficient (Wildman–Crippen LogP) is 3.29. The molecule has 27 heavy (non-hydrogen) atoms. The number of piperazine rings is 1. The first-order chi connectivity index (χ1) is 13.2. The van der Waals surface area contributed by atoms with E-state index < -0.39 is 0 Å². The monoisotopic (exact) mass is 372 g/mol. The van der Waals surface area contributed by atoms with E-state index in [2.05, 4.69) is 21.9 Å². The second kappa shape index (κ2) is 9.83. The van der Waals surface area contributed by atoms with Crippen LogP contribution in [0.1, 0.15) is 24.5 Å². The van der Waals surface area contributed by atoms with Gasteiger partial charge >= 0.3 is 0 Å². The third-order valence-electron chi connectivity index (χ3n) is 5.09. The van der Waals surface area contributed by atoms with Crippen molar-refractivity contribution in [3.63, 3.8) is 0 Å². The minimum absolute atomic E-state index is 0.189. The van der Waals surface area contributed by atoms with Gasteiger partial charge in [-0.2, -0.15) is 0 Å². The van der Waals surface area contributed by atoms with Crippen LogP contribution in [0.2, 0.25) is 0 Å². The maximum absolute atomic E-state index is 13.1. The number of rotatable bonds is 8. The highest BCUT2D eigenvalue weighted by Crippen LogP contribution is 2.20. The van der Waals surface area contributed by atoms with Crippen LogP contribution < -0.4 is 4.74 Å². The Bertz CT molecular complexity index is 690. The van der Waals surface area contributed by atoms with E-state index in [1.807, 2.05) is 31.2 Å². The molecular formula is C22H29FN2O2. The Morgan fingerprint density at radius 1 is 1.00 bits per heavy atom. The molecule has 0 spiro atoms. The Labute approximate surface area is 161 Å². The first-order valence-corrected chi connectivity index (χ1v) is 9.71. The van der Waals surface area contributed by atoms with E-state index in [4.69, 9.17) is 4.74 Å². The van der Waals surface area contributed by atoms with E-state index in [-0.39, 0.29) is 12.4 Å². The van der Waals surface area contributed by atoms with Gasteiger partial charge in [-0.05, 0) is 48.7 Å². The van der Waals surface area contributed by atoms with Crippen LogP contribution in [-0.2, 0) is 13.1 Å². The molecule has 1 aliphatic rings. The topological polar surface area (TPSA) is 35.9 Å². The van der Waals surface area contributed by atoms with Crippen molar-refractivity contribution in [2.75, 3.05) is 32.8 Å². The maximum atomic E-state index is 13.1. The molecule has 3 rings (SSSR count). The lowest BCUT2D eigenvalue weighted by atomic mass is 10.1. The van der Waals surface area contributed by atoms with Gasteiger partial charge in [0, 0.05) is 45.4 Å². The van der Waals surface area contributed by atoms with Crippen molar-refractivity contribution in [3.8, 4) is 5.75 Å². The van der Waals surface area contributed by atoms with Gasteiger partial charge in [-0.25, -0.2) is 4.39 Å². The molecule has 2 aromatic rings. The van der Waals surface area contributed by atoms with E-state index >= 15 is 0 Å². The summed E-state index contributed by atoms with van der Waals surface area (Å²) in [6.45, 7) is 7.38. The minimum atomic E-state index is -0.197. The van der Waals surface area contributed by atoms with E-state index in [0.29, 0.717) is 12.6 Å². The summed E-state index contributed by atoms with van der Waals surface area (Å²) in [7, 11) is 0. The van der Waals surface area contributed by atoms with Gasteiger partial charge in [0.2, 0.25) is 0 Å². The number of benzene rings is 2. The number of nitrogens with zero attached hydrogens (tertiary/aromatic N) is 2. The van der Waals surface area contributed by atoms with Gasteiger partial charge < -0.3 is 9.84 Å². The third-order valence-corrected chi connectivity index (χ3v) is 5.09. The molecule has 5 heteroatoms. The summed E-state index contributed by atoms with van der Waals surface area (Å²) in [4.78, 5) is 4.84. The molecule has 4 nitrogen and oxygen atoms in total. The second-order valence-corrected chi connectivity index (χ2v) is 7.08. The van der Waals surface area contributed by atoms with Crippen LogP contribution in [-0.4, -0.2) is 53.8 Å². The highest BCUT2D eigenvalue weighted by molar-refractivity contribution is 5.27. The summed E-state index contributed by atoms with van der Waals surface area (Å²) < 4.78 is 18.6. The van der Waals surface area contributed by atoms with Crippen molar-refractivity contribution in [3.05, 3.63) is 65.5 Å². The van der Waals surface area contributed by atoms with Crippen LogP contribution in [0.25, 0.3) is 0 Å². The fourth-order valence-electron chi connectivity index (χ4n) is 3.67. The van der Waals surface area contributed by atoms with Crippen LogP contribution in [0.3, 0.4) is 0 Å². The Morgan fingerprint density at radius 3 is 2.33 bits per heavy atom. The highest BCUT2D eigenvalue weighted by atomic mass is 19.1. The molecule has 146 valence electrons. The van der Waals surface area contributed by atoms with Crippen molar-refractivity contribution < 1.29 is 14.2 Å². The predicted molar refractivity (Wildman–Crippen MR) is 105 cm³/mol. The normalized spacial score (nSPS) is 18.6. The fraction of sp³-hybridized carbons (Fsp3) is 0.455. The minimum Gasteiger partial charge on any atom is -0.494 e. The number of halogens is 1. The van der Waals surface area contributed by atoms with Crippen LogP contribution in [0.15, 0.2) is 48.5 Å². The van der Waals surface area contributed by atoms with Gasteiger partial charge in [-0.1, -0.05) is 24.3 Å². The van der Waals surface area contributed by atoms with Crippen LogP contribution in [0, 0.1) is 5.82 Å². The standard InChI is InChI=1S/C22H29FN2O2/c1-2-27-22-9-5-19(6-10-22)16-25-13-12-24(17-21(25)11-14-26)15-18-3-7-20(23)8-4-18/h3-10,21,26H,2,11-17H2,1H3/t21-/m1/s1. The Hall–Kier alpha value is -1.95. The van der Waals surface area contributed by atoms with Crippen LogP contribution in [0.4, 0.5) is 4.39 Å². The van der Waals surface area contributed by atoms with Crippen molar-refractivity contribution >= 4 is 0 Å². The smallest absolute Gasteiger partial charge is 0.123 e. The summed E-state index contributed by atoms with van der Waals surface area (Å²) in [6.07, 6.45) is 0.761. The molecule has 0 saturated carbocycles. The van der Waals surface area contributed by atoms with Gasteiger partial charge in [-0.15, -0.1) is 0 Å². The zero-order valence-electron chi connectivity index (χ0n) is 16.0. The lowest BCUT2D eigenvalue weighted by Crippen LogP contribution is -2.52.